The SMILES string of the molecule is CCOCCN(C)CCCOc1cc2[nH]c3ncnc(N4CCN(C(=S)Nc5ccc(NC(=O)C6CC6)cc5)CC4)c3c2cc1OC. The number of carbonyl (C=O) groups is 1. The fourth-order valence-electron chi connectivity index (χ4n) is 5.77. The average Bonchev–Trinajstić information content (AvgIpc) is 3.88. The van der Waals surface area contributed by atoms with Crippen molar-refractivity contribution in [3.05, 3.63) is 42.7 Å². The van der Waals surface area contributed by atoms with Crippen LogP contribution in [-0.4, -0.2) is 109 Å². The number of likely N-dealkylation sites (N-methyl/N-ethyl adjacent to an activating group) is 1. The zero-order valence-corrected chi connectivity index (χ0v) is 28.2. The second-order valence-electron chi connectivity index (χ2n) is 12.0. The van der Waals surface area contributed by atoms with E-state index in [2.05, 4.69) is 42.3 Å². The number of fused-ring (bicyclic) bond motifs is 3. The molecule has 1 aliphatic heterocycles. The highest BCUT2D eigenvalue weighted by Gasteiger charge is 2.29. The molecule has 1 saturated heterocycles. The minimum Gasteiger partial charge on any atom is -0.493 e. The van der Waals surface area contributed by atoms with Gasteiger partial charge in [0, 0.05) is 74.6 Å². The Bertz CT molecular complexity index is 1690. The second-order valence-corrected chi connectivity index (χ2v) is 12.4. The van der Waals surface area contributed by atoms with E-state index in [1.165, 1.54) is 0 Å². The normalized spacial score (nSPS) is 15.0. The van der Waals surface area contributed by atoms with E-state index in [4.69, 9.17) is 31.4 Å². The molecule has 1 aliphatic carbocycles. The van der Waals surface area contributed by atoms with Crippen LogP contribution in [0.1, 0.15) is 26.2 Å². The minimum absolute atomic E-state index is 0.102. The molecule has 1 saturated carbocycles. The van der Waals surface area contributed by atoms with Crippen LogP contribution in [0.5, 0.6) is 11.5 Å². The lowest BCUT2D eigenvalue weighted by Crippen LogP contribution is -2.50. The van der Waals surface area contributed by atoms with Crippen molar-refractivity contribution < 1.29 is 19.0 Å². The van der Waals surface area contributed by atoms with Crippen LogP contribution in [0, 0.1) is 5.92 Å². The van der Waals surface area contributed by atoms with Gasteiger partial charge < -0.3 is 44.5 Å². The van der Waals surface area contributed by atoms with E-state index in [-0.39, 0.29) is 11.8 Å². The Kier molecular flexibility index (Phi) is 10.5. The number of benzene rings is 2. The number of ether oxygens (including phenoxy) is 3. The topological polar surface area (TPSA) is 120 Å². The number of carbonyl (C=O) groups excluding carboxylic acids is 1. The van der Waals surface area contributed by atoms with E-state index in [1.54, 1.807) is 13.4 Å². The van der Waals surface area contributed by atoms with Gasteiger partial charge >= 0.3 is 0 Å². The van der Waals surface area contributed by atoms with E-state index in [0.717, 1.165) is 111 Å². The molecule has 2 aromatic carbocycles. The fraction of sp³-hybridized carbons (Fsp3) is 0.471. The van der Waals surface area contributed by atoms with Crippen LogP contribution >= 0.6 is 12.2 Å². The van der Waals surface area contributed by atoms with Gasteiger partial charge in [0.05, 0.1) is 31.2 Å². The molecule has 47 heavy (non-hydrogen) atoms. The van der Waals surface area contributed by atoms with Gasteiger partial charge in [0.1, 0.15) is 17.8 Å². The maximum Gasteiger partial charge on any atom is 0.227 e. The summed E-state index contributed by atoms with van der Waals surface area (Å²) in [7, 11) is 3.76. The summed E-state index contributed by atoms with van der Waals surface area (Å²) in [6, 6.07) is 11.7. The number of anilines is 3. The number of H-pyrrole nitrogens is 1. The predicted octanol–water partition coefficient (Wildman–Crippen LogP) is 4.72. The van der Waals surface area contributed by atoms with Crippen molar-refractivity contribution in [2.75, 3.05) is 88.8 Å². The van der Waals surface area contributed by atoms with Crippen LogP contribution in [0.4, 0.5) is 17.2 Å². The molecule has 0 bridgehead atoms. The van der Waals surface area contributed by atoms with E-state index in [9.17, 15) is 4.79 Å². The van der Waals surface area contributed by atoms with Crippen molar-refractivity contribution in [3.63, 3.8) is 0 Å². The maximum absolute atomic E-state index is 12.0. The molecule has 3 N–H and O–H groups in total. The highest BCUT2D eigenvalue weighted by Crippen LogP contribution is 2.38. The lowest BCUT2D eigenvalue weighted by Gasteiger charge is -2.37. The van der Waals surface area contributed by atoms with Crippen LogP contribution in [0.15, 0.2) is 42.7 Å². The highest BCUT2D eigenvalue weighted by molar-refractivity contribution is 7.80. The van der Waals surface area contributed by atoms with Crippen molar-refractivity contribution in [1.82, 2.24) is 24.8 Å². The lowest BCUT2D eigenvalue weighted by molar-refractivity contribution is -0.117. The molecular formula is C34H44N8O4S. The van der Waals surface area contributed by atoms with Gasteiger partial charge in [0.25, 0.3) is 0 Å². The Morgan fingerprint density at radius 2 is 1.77 bits per heavy atom. The quantitative estimate of drug-likeness (QED) is 0.129. The molecule has 12 nitrogen and oxygen atoms in total. The van der Waals surface area contributed by atoms with Crippen LogP contribution in [0.2, 0.25) is 0 Å². The number of thiocarbonyl (C=S) groups is 1. The lowest BCUT2D eigenvalue weighted by atomic mass is 10.1. The Balaban J connectivity index is 1.07. The molecule has 6 rings (SSSR count). The molecule has 2 aliphatic rings. The molecular weight excluding hydrogens is 616 g/mol. The number of rotatable bonds is 14. The molecule has 0 unspecified atom stereocenters. The second kappa shape index (κ2) is 15.1. The summed E-state index contributed by atoms with van der Waals surface area (Å²) in [4.78, 5) is 31.5. The van der Waals surface area contributed by atoms with E-state index in [0.29, 0.717) is 23.2 Å². The summed E-state index contributed by atoms with van der Waals surface area (Å²) in [5.41, 5.74) is 3.39. The summed E-state index contributed by atoms with van der Waals surface area (Å²) >= 11 is 5.76. The largest absolute Gasteiger partial charge is 0.493 e. The van der Waals surface area contributed by atoms with Gasteiger partial charge in [-0.25, -0.2) is 9.97 Å². The summed E-state index contributed by atoms with van der Waals surface area (Å²) in [6.07, 6.45) is 4.47. The van der Waals surface area contributed by atoms with Gasteiger partial charge in [0.15, 0.2) is 16.6 Å². The molecule has 4 aromatic rings. The molecule has 250 valence electrons. The Labute approximate surface area is 280 Å². The van der Waals surface area contributed by atoms with Gasteiger partial charge in [-0.3, -0.25) is 4.79 Å². The number of hydrogen-bond donors (Lipinski definition) is 3. The number of nitrogens with one attached hydrogen (secondary N) is 3. The van der Waals surface area contributed by atoms with E-state index >= 15 is 0 Å². The Morgan fingerprint density at radius 3 is 2.47 bits per heavy atom. The zero-order chi connectivity index (χ0) is 32.8. The summed E-state index contributed by atoms with van der Waals surface area (Å²) in [5, 5.41) is 8.95. The third-order valence-electron chi connectivity index (χ3n) is 8.63. The molecule has 2 aromatic heterocycles. The standard InChI is InChI=1S/C34H44N8O4S/c1-4-45-19-17-40(2)12-5-18-46-29-21-27-26(20-28(29)44-3)30-31(39-27)35-22-36-32(30)41-13-15-42(16-14-41)34(47)38-25-10-8-24(9-11-25)37-33(43)23-6-7-23/h8-11,20-23H,4-7,12-19H2,1-3H3,(H,37,43)(H,38,47)(H,35,36,39). The van der Waals surface area contributed by atoms with Crippen molar-refractivity contribution in [3.8, 4) is 11.5 Å². The third-order valence-corrected chi connectivity index (χ3v) is 9.00. The first-order chi connectivity index (χ1) is 22.9. The molecule has 2 fully saturated rings. The fourth-order valence-corrected chi connectivity index (χ4v) is 6.07. The van der Waals surface area contributed by atoms with Crippen molar-refractivity contribution in [1.29, 1.82) is 0 Å². The van der Waals surface area contributed by atoms with Crippen molar-refractivity contribution in [2.24, 2.45) is 5.92 Å². The number of methoxy groups -OCH3 is 1. The van der Waals surface area contributed by atoms with Gasteiger partial charge in [0.2, 0.25) is 5.91 Å². The molecule has 0 spiro atoms. The molecule has 1 amide bonds. The summed E-state index contributed by atoms with van der Waals surface area (Å²) < 4.78 is 17.4. The van der Waals surface area contributed by atoms with Gasteiger partial charge in [-0.05, 0) is 75.8 Å². The van der Waals surface area contributed by atoms with E-state index in [1.807, 2.05) is 43.3 Å². The molecule has 0 radical (unpaired) electrons. The van der Waals surface area contributed by atoms with Crippen LogP contribution in [0.3, 0.4) is 0 Å². The average molecular weight is 661 g/mol. The van der Waals surface area contributed by atoms with Crippen molar-refractivity contribution >= 4 is 62.4 Å². The van der Waals surface area contributed by atoms with Gasteiger partial charge in [-0.2, -0.15) is 0 Å². The minimum atomic E-state index is 0.102. The zero-order valence-electron chi connectivity index (χ0n) is 27.4. The van der Waals surface area contributed by atoms with Crippen LogP contribution in [-0.2, 0) is 9.53 Å². The third kappa shape index (κ3) is 8.03. The Morgan fingerprint density at radius 1 is 1.02 bits per heavy atom. The number of amides is 1. The first-order valence-electron chi connectivity index (χ1n) is 16.4. The number of aromatic nitrogens is 3. The molecule has 0 atom stereocenters. The van der Waals surface area contributed by atoms with Crippen molar-refractivity contribution in [2.45, 2.75) is 26.2 Å². The maximum atomic E-state index is 12.0. The van der Waals surface area contributed by atoms with E-state index < -0.39 is 0 Å². The van der Waals surface area contributed by atoms with Gasteiger partial charge in [-0.1, -0.05) is 0 Å². The number of aromatic amines is 1. The number of nitrogens with zero attached hydrogens (tertiary/aromatic N) is 5. The monoisotopic (exact) mass is 660 g/mol. The van der Waals surface area contributed by atoms with Crippen LogP contribution < -0.4 is 25.0 Å². The Hall–Kier alpha value is -4.20. The highest BCUT2D eigenvalue weighted by atomic mass is 32.1. The molecule has 3 heterocycles. The molecule has 13 heteroatoms. The summed E-state index contributed by atoms with van der Waals surface area (Å²) in [5.74, 6) is 2.54. The van der Waals surface area contributed by atoms with Crippen LogP contribution in [0.25, 0.3) is 21.9 Å². The van der Waals surface area contributed by atoms with Gasteiger partial charge in [-0.15, -0.1) is 0 Å². The number of hydrogen-bond acceptors (Lipinski definition) is 9. The smallest absolute Gasteiger partial charge is 0.227 e. The first-order valence-corrected chi connectivity index (χ1v) is 16.8. The number of piperazine rings is 1. The first kappa shape index (κ1) is 32.7. The predicted molar refractivity (Wildman–Crippen MR) is 190 cm³/mol. The summed E-state index contributed by atoms with van der Waals surface area (Å²) in [6.45, 7) is 8.90.